The zero-order valence-electron chi connectivity index (χ0n) is 12.3. The standard InChI is InChI=1S/C16H13BrF2N2O3/c17-10-5-7-11(8-6-10)21-14(22)9-20-15(23)12-3-1-2-4-13(12)24-16(18)19/h1-8,16H,9H2,(H,20,23)(H,21,22). The first-order chi connectivity index (χ1) is 11.5. The molecule has 0 atom stereocenters. The Morgan fingerprint density at radius 3 is 2.42 bits per heavy atom. The van der Waals surface area contributed by atoms with E-state index >= 15 is 0 Å². The molecule has 2 rings (SSSR count). The molecule has 0 saturated heterocycles. The van der Waals surface area contributed by atoms with Crippen LogP contribution in [0.4, 0.5) is 14.5 Å². The molecule has 0 saturated carbocycles. The molecule has 0 fully saturated rings. The lowest BCUT2D eigenvalue weighted by molar-refractivity contribution is -0.115. The quantitative estimate of drug-likeness (QED) is 0.783. The van der Waals surface area contributed by atoms with Gasteiger partial charge in [-0.3, -0.25) is 9.59 Å². The van der Waals surface area contributed by atoms with Crippen molar-refractivity contribution in [1.29, 1.82) is 0 Å². The number of carbonyl (C=O) groups is 2. The molecule has 126 valence electrons. The van der Waals surface area contributed by atoms with Crippen molar-refractivity contribution < 1.29 is 23.1 Å². The Labute approximate surface area is 145 Å². The van der Waals surface area contributed by atoms with Crippen molar-refractivity contribution in [2.24, 2.45) is 0 Å². The number of nitrogens with one attached hydrogen (secondary N) is 2. The predicted molar refractivity (Wildman–Crippen MR) is 88.2 cm³/mol. The van der Waals surface area contributed by atoms with E-state index in [0.29, 0.717) is 5.69 Å². The van der Waals surface area contributed by atoms with Crippen LogP contribution in [-0.2, 0) is 4.79 Å². The summed E-state index contributed by atoms with van der Waals surface area (Å²) in [5, 5.41) is 4.96. The Morgan fingerprint density at radius 2 is 1.75 bits per heavy atom. The molecule has 0 spiro atoms. The number of anilines is 1. The molecular weight excluding hydrogens is 386 g/mol. The fraction of sp³-hybridized carbons (Fsp3) is 0.125. The molecule has 2 aromatic carbocycles. The van der Waals surface area contributed by atoms with Crippen LogP contribution in [0.1, 0.15) is 10.4 Å². The number of para-hydroxylation sites is 1. The number of hydrogen-bond acceptors (Lipinski definition) is 3. The van der Waals surface area contributed by atoms with E-state index in [9.17, 15) is 18.4 Å². The van der Waals surface area contributed by atoms with E-state index in [2.05, 4.69) is 31.3 Å². The maximum absolute atomic E-state index is 12.3. The van der Waals surface area contributed by atoms with Crippen molar-refractivity contribution in [3.05, 3.63) is 58.6 Å². The second-order valence-electron chi connectivity index (χ2n) is 4.61. The van der Waals surface area contributed by atoms with Gasteiger partial charge in [0.15, 0.2) is 0 Å². The van der Waals surface area contributed by atoms with Crippen molar-refractivity contribution in [3.8, 4) is 5.75 Å². The molecule has 0 radical (unpaired) electrons. The van der Waals surface area contributed by atoms with Crippen molar-refractivity contribution >= 4 is 33.4 Å². The summed E-state index contributed by atoms with van der Waals surface area (Å²) in [4.78, 5) is 23.8. The molecule has 0 aliphatic carbocycles. The third kappa shape index (κ3) is 5.31. The molecule has 0 aliphatic rings. The Hall–Kier alpha value is -2.48. The van der Waals surface area contributed by atoms with E-state index < -0.39 is 18.4 Å². The number of halogens is 3. The monoisotopic (exact) mass is 398 g/mol. The zero-order valence-corrected chi connectivity index (χ0v) is 13.8. The normalized spacial score (nSPS) is 10.3. The summed E-state index contributed by atoms with van der Waals surface area (Å²) in [5.41, 5.74) is 0.494. The second kappa shape index (κ2) is 8.39. The lowest BCUT2D eigenvalue weighted by Gasteiger charge is -2.11. The molecule has 5 nitrogen and oxygen atoms in total. The van der Waals surface area contributed by atoms with E-state index in [4.69, 9.17) is 0 Å². The second-order valence-corrected chi connectivity index (χ2v) is 5.53. The lowest BCUT2D eigenvalue weighted by atomic mass is 10.2. The maximum atomic E-state index is 12.3. The highest BCUT2D eigenvalue weighted by molar-refractivity contribution is 9.10. The molecule has 0 aliphatic heterocycles. The SMILES string of the molecule is O=C(CNC(=O)c1ccccc1OC(F)F)Nc1ccc(Br)cc1. The number of benzene rings is 2. The van der Waals surface area contributed by atoms with Crippen LogP contribution in [0.15, 0.2) is 53.0 Å². The van der Waals surface area contributed by atoms with E-state index in [0.717, 1.165) is 4.47 Å². The highest BCUT2D eigenvalue weighted by Gasteiger charge is 2.15. The van der Waals surface area contributed by atoms with Gasteiger partial charge in [-0.2, -0.15) is 8.78 Å². The largest absolute Gasteiger partial charge is 0.434 e. The topological polar surface area (TPSA) is 67.4 Å². The minimum atomic E-state index is -3.04. The van der Waals surface area contributed by atoms with Crippen LogP contribution in [0.3, 0.4) is 0 Å². The van der Waals surface area contributed by atoms with Gasteiger partial charge in [0.25, 0.3) is 5.91 Å². The first-order valence-corrected chi connectivity index (χ1v) is 7.62. The van der Waals surface area contributed by atoms with Crippen molar-refractivity contribution in [2.45, 2.75) is 6.61 Å². The van der Waals surface area contributed by atoms with Crippen LogP contribution < -0.4 is 15.4 Å². The lowest BCUT2D eigenvalue weighted by Crippen LogP contribution is -2.33. The molecule has 0 bridgehead atoms. The van der Waals surface area contributed by atoms with Gasteiger partial charge < -0.3 is 15.4 Å². The summed E-state index contributed by atoms with van der Waals surface area (Å²) in [7, 11) is 0. The van der Waals surface area contributed by atoms with Crippen LogP contribution in [-0.4, -0.2) is 25.0 Å². The van der Waals surface area contributed by atoms with Gasteiger partial charge in [0.05, 0.1) is 12.1 Å². The summed E-state index contributed by atoms with van der Waals surface area (Å²) in [5.74, 6) is -1.38. The Bertz CT molecular complexity index is 724. The van der Waals surface area contributed by atoms with Gasteiger partial charge in [-0.05, 0) is 36.4 Å². The smallest absolute Gasteiger partial charge is 0.387 e. The molecular formula is C16H13BrF2N2O3. The van der Waals surface area contributed by atoms with Crippen LogP contribution in [0.2, 0.25) is 0 Å². The third-order valence-electron chi connectivity index (χ3n) is 2.89. The fourth-order valence-corrected chi connectivity index (χ4v) is 2.11. The summed E-state index contributed by atoms with van der Waals surface area (Å²) in [6, 6.07) is 12.5. The number of ether oxygens (including phenoxy) is 1. The molecule has 8 heteroatoms. The fourth-order valence-electron chi connectivity index (χ4n) is 1.85. The average molecular weight is 399 g/mol. The van der Waals surface area contributed by atoms with Crippen molar-refractivity contribution in [2.75, 3.05) is 11.9 Å². The number of rotatable bonds is 6. The highest BCUT2D eigenvalue weighted by Crippen LogP contribution is 2.20. The van der Waals surface area contributed by atoms with Gasteiger partial charge in [-0.1, -0.05) is 28.1 Å². The first-order valence-electron chi connectivity index (χ1n) is 6.83. The molecule has 2 amide bonds. The summed E-state index contributed by atoms with van der Waals surface area (Å²) in [6.45, 7) is -3.35. The van der Waals surface area contributed by atoms with E-state index in [1.54, 1.807) is 24.3 Å². The molecule has 0 aromatic heterocycles. The molecule has 2 aromatic rings. The average Bonchev–Trinajstić information content (AvgIpc) is 2.55. The van der Waals surface area contributed by atoms with Crippen molar-refractivity contribution in [1.82, 2.24) is 5.32 Å². The van der Waals surface area contributed by atoms with Crippen LogP contribution in [0.25, 0.3) is 0 Å². The van der Waals surface area contributed by atoms with Crippen LogP contribution in [0, 0.1) is 0 Å². The Morgan fingerprint density at radius 1 is 1.08 bits per heavy atom. The molecule has 24 heavy (non-hydrogen) atoms. The van der Waals surface area contributed by atoms with Gasteiger partial charge in [0.2, 0.25) is 5.91 Å². The first kappa shape index (κ1) is 17.9. The maximum Gasteiger partial charge on any atom is 0.387 e. The number of carbonyl (C=O) groups excluding carboxylic acids is 2. The number of hydrogen-bond donors (Lipinski definition) is 2. The van der Waals surface area contributed by atoms with Gasteiger partial charge in [-0.15, -0.1) is 0 Å². The van der Waals surface area contributed by atoms with Gasteiger partial charge in [0.1, 0.15) is 5.75 Å². The van der Waals surface area contributed by atoms with E-state index in [-0.39, 0.29) is 17.9 Å². The van der Waals surface area contributed by atoms with Gasteiger partial charge in [0, 0.05) is 10.2 Å². The van der Waals surface area contributed by atoms with Crippen LogP contribution in [0.5, 0.6) is 5.75 Å². The summed E-state index contributed by atoms with van der Waals surface area (Å²) < 4.78 is 29.8. The van der Waals surface area contributed by atoms with Crippen molar-refractivity contribution in [3.63, 3.8) is 0 Å². The molecule has 2 N–H and O–H groups in total. The summed E-state index contributed by atoms with van der Waals surface area (Å²) in [6.07, 6.45) is 0. The van der Waals surface area contributed by atoms with E-state index in [1.807, 2.05) is 0 Å². The minimum Gasteiger partial charge on any atom is -0.434 e. The van der Waals surface area contributed by atoms with Crippen LogP contribution >= 0.6 is 15.9 Å². The summed E-state index contributed by atoms with van der Waals surface area (Å²) >= 11 is 3.28. The Kier molecular flexibility index (Phi) is 6.25. The molecule has 0 heterocycles. The number of alkyl halides is 2. The van der Waals surface area contributed by atoms with Gasteiger partial charge in [-0.25, -0.2) is 0 Å². The van der Waals surface area contributed by atoms with E-state index in [1.165, 1.54) is 24.3 Å². The highest BCUT2D eigenvalue weighted by atomic mass is 79.9. The zero-order chi connectivity index (χ0) is 17.5. The van der Waals surface area contributed by atoms with Gasteiger partial charge >= 0.3 is 6.61 Å². The molecule has 0 unspecified atom stereocenters. The predicted octanol–water partition coefficient (Wildman–Crippen LogP) is 3.42. The number of amides is 2. The minimum absolute atomic E-state index is 0.0748. The Balaban J connectivity index is 1.93. The third-order valence-corrected chi connectivity index (χ3v) is 3.41.